The summed E-state index contributed by atoms with van der Waals surface area (Å²) in [5.74, 6) is -0.435. The first-order valence-corrected chi connectivity index (χ1v) is 5.27. The van der Waals surface area contributed by atoms with Crippen molar-refractivity contribution < 1.29 is 9.50 Å². The minimum Gasteiger partial charge on any atom is -0.377 e. The van der Waals surface area contributed by atoms with Crippen molar-refractivity contribution in [2.45, 2.75) is 18.9 Å². The molecule has 1 unspecified atom stereocenters. The van der Waals surface area contributed by atoms with Crippen molar-refractivity contribution in [2.24, 2.45) is 7.05 Å². The first-order valence-electron chi connectivity index (χ1n) is 5.27. The molecular weight excluding hydrogens is 223 g/mol. The van der Waals surface area contributed by atoms with Crippen molar-refractivity contribution in [2.75, 3.05) is 0 Å². The van der Waals surface area contributed by atoms with Crippen LogP contribution in [0.2, 0.25) is 0 Å². The maximum Gasteiger partial charge on any atom is 0.149 e. The van der Waals surface area contributed by atoms with Gasteiger partial charge in [0.05, 0.1) is 23.8 Å². The van der Waals surface area contributed by atoms with Crippen LogP contribution in [0.25, 0.3) is 0 Å². The topological polar surface area (TPSA) is 63.8 Å². The Balaban J connectivity index is 2.51. The van der Waals surface area contributed by atoms with Gasteiger partial charge in [0.25, 0.3) is 0 Å². The van der Waals surface area contributed by atoms with Crippen LogP contribution in [0, 0.1) is 5.82 Å². The Hall–Kier alpha value is -1.82. The Morgan fingerprint density at radius 1 is 1.41 bits per heavy atom. The molecule has 2 aromatic rings. The van der Waals surface area contributed by atoms with E-state index in [1.165, 1.54) is 23.0 Å². The number of aryl methyl sites for hydroxylation is 1. The van der Waals surface area contributed by atoms with Gasteiger partial charge in [-0.25, -0.2) is 9.07 Å². The van der Waals surface area contributed by atoms with Gasteiger partial charge in [-0.05, 0) is 18.6 Å². The first-order chi connectivity index (χ1) is 8.08. The molecule has 0 aliphatic rings. The molecule has 2 rings (SSSR count). The molecule has 0 amide bonds. The van der Waals surface area contributed by atoms with Gasteiger partial charge in [0.2, 0.25) is 0 Å². The number of aliphatic hydroxyl groups is 1. The molecule has 0 aliphatic heterocycles. The highest BCUT2D eigenvalue weighted by Gasteiger charge is 2.34. The lowest BCUT2D eigenvalue weighted by atomic mass is 9.92. The first kappa shape index (κ1) is 11.7. The van der Waals surface area contributed by atoms with Crippen LogP contribution in [0.1, 0.15) is 24.7 Å². The van der Waals surface area contributed by atoms with E-state index in [4.69, 9.17) is 0 Å². The number of hydrogen-bond donors (Lipinski definition) is 1. The van der Waals surface area contributed by atoms with Gasteiger partial charge in [0.1, 0.15) is 11.4 Å². The van der Waals surface area contributed by atoms with Gasteiger partial charge < -0.3 is 5.11 Å². The Morgan fingerprint density at radius 2 is 2.18 bits per heavy atom. The normalized spacial score (nSPS) is 14.6. The van der Waals surface area contributed by atoms with Crippen LogP contribution in [0.15, 0.2) is 24.5 Å². The molecule has 2 heterocycles. The second kappa shape index (κ2) is 4.21. The lowest BCUT2D eigenvalue weighted by Gasteiger charge is -2.25. The van der Waals surface area contributed by atoms with Crippen LogP contribution in [0.4, 0.5) is 4.39 Å². The summed E-state index contributed by atoms with van der Waals surface area (Å²) in [6, 6.07) is 2.73. The summed E-state index contributed by atoms with van der Waals surface area (Å²) < 4.78 is 14.3. The molecule has 17 heavy (non-hydrogen) atoms. The van der Waals surface area contributed by atoms with E-state index in [2.05, 4.69) is 15.3 Å². The third-order valence-electron chi connectivity index (χ3n) is 2.80. The number of rotatable bonds is 3. The Bertz CT molecular complexity index is 510. The summed E-state index contributed by atoms with van der Waals surface area (Å²) >= 11 is 0. The Morgan fingerprint density at radius 3 is 2.65 bits per heavy atom. The summed E-state index contributed by atoms with van der Waals surface area (Å²) in [4.78, 5) is 3.92. The molecule has 6 heteroatoms. The van der Waals surface area contributed by atoms with Crippen LogP contribution >= 0.6 is 0 Å². The zero-order valence-electron chi connectivity index (χ0n) is 9.63. The largest absolute Gasteiger partial charge is 0.377 e. The molecule has 5 nitrogen and oxygen atoms in total. The minimum absolute atomic E-state index is 0.381. The number of halogens is 1. The van der Waals surface area contributed by atoms with E-state index < -0.39 is 11.4 Å². The highest BCUT2D eigenvalue weighted by atomic mass is 19.1. The number of pyridine rings is 1. The SMILES string of the molecule is CCC(O)(c1ccc(F)cn1)c1cnnn1C. The van der Waals surface area contributed by atoms with Gasteiger partial charge >= 0.3 is 0 Å². The number of hydrogen-bond acceptors (Lipinski definition) is 4. The van der Waals surface area contributed by atoms with Crippen molar-refractivity contribution in [1.82, 2.24) is 20.0 Å². The maximum absolute atomic E-state index is 12.8. The van der Waals surface area contributed by atoms with Crippen molar-refractivity contribution in [3.8, 4) is 0 Å². The van der Waals surface area contributed by atoms with Crippen molar-refractivity contribution in [3.63, 3.8) is 0 Å². The average Bonchev–Trinajstić information content (AvgIpc) is 2.76. The molecule has 1 atom stereocenters. The van der Waals surface area contributed by atoms with Gasteiger partial charge in [-0.1, -0.05) is 12.1 Å². The molecule has 0 saturated heterocycles. The average molecular weight is 236 g/mol. The van der Waals surface area contributed by atoms with E-state index in [1.54, 1.807) is 7.05 Å². The van der Waals surface area contributed by atoms with E-state index in [0.717, 1.165) is 6.20 Å². The third kappa shape index (κ3) is 1.91. The van der Waals surface area contributed by atoms with Gasteiger partial charge in [-0.15, -0.1) is 5.10 Å². The fourth-order valence-corrected chi connectivity index (χ4v) is 1.78. The summed E-state index contributed by atoms with van der Waals surface area (Å²) in [5.41, 5.74) is -0.391. The minimum atomic E-state index is -1.30. The third-order valence-corrected chi connectivity index (χ3v) is 2.80. The van der Waals surface area contributed by atoms with Gasteiger partial charge in [0.15, 0.2) is 0 Å². The molecule has 90 valence electrons. The van der Waals surface area contributed by atoms with Crippen LogP contribution in [0.3, 0.4) is 0 Å². The van der Waals surface area contributed by atoms with E-state index >= 15 is 0 Å². The van der Waals surface area contributed by atoms with E-state index in [0.29, 0.717) is 17.8 Å². The number of aromatic nitrogens is 4. The fourth-order valence-electron chi connectivity index (χ4n) is 1.78. The van der Waals surface area contributed by atoms with Crippen molar-refractivity contribution in [3.05, 3.63) is 41.7 Å². The molecule has 0 saturated carbocycles. The predicted molar refractivity (Wildman–Crippen MR) is 58.5 cm³/mol. The zero-order valence-corrected chi connectivity index (χ0v) is 9.63. The maximum atomic E-state index is 12.8. The van der Waals surface area contributed by atoms with Gasteiger partial charge in [0, 0.05) is 7.05 Å². The molecule has 1 N–H and O–H groups in total. The fraction of sp³-hybridized carbons (Fsp3) is 0.364. The summed E-state index contributed by atoms with van der Waals surface area (Å²) in [7, 11) is 1.69. The second-order valence-corrected chi connectivity index (χ2v) is 3.82. The molecule has 0 bridgehead atoms. The molecule has 0 aromatic carbocycles. The molecular formula is C11H13FN4O. The summed E-state index contributed by atoms with van der Waals surface area (Å²) in [5, 5.41) is 18.1. The van der Waals surface area contributed by atoms with Crippen molar-refractivity contribution >= 4 is 0 Å². The second-order valence-electron chi connectivity index (χ2n) is 3.82. The predicted octanol–water partition coefficient (Wildman–Crippen LogP) is 0.995. The van der Waals surface area contributed by atoms with E-state index in [1.807, 2.05) is 6.92 Å². The van der Waals surface area contributed by atoms with E-state index in [9.17, 15) is 9.50 Å². The molecule has 0 radical (unpaired) electrons. The standard InChI is InChI=1S/C11H13FN4O/c1-3-11(17,10-7-14-15-16(10)2)9-5-4-8(12)6-13-9/h4-7,17H,3H2,1-2H3. The van der Waals surface area contributed by atoms with Crippen LogP contribution in [0.5, 0.6) is 0 Å². The Kier molecular flexibility index (Phi) is 2.89. The van der Waals surface area contributed by atoms with Crippen LogP contribution in [-0.4, -0.2) is 25.1 Å². The quantitative estimate of drug-likeness (QED) is 0.863. The van der Waals surface area contributed by atoms with Crippen LogP contribution < -0.4 is 0 Å². The van der Waals surface area contributed by atoms with Crippen LogP contribution in [-0.2, 0) is 12.6 Å². The van der Waals surface area contributed by atoms with Gasteiger partial charge in [-0.2, -0.15) is 0 Å². The van der Waals surface area contributed by atoms with Gasteiger partial charge in [-0.3, -0.25) is 4.98 Å². The zero-order chi connectivity index (χ0) is 12.5. The smallest absolute Gasteiger partial charge is 0.149 e. The Labute approximate surface area is 97.9 Å². The number of nitrogens with zero attached hydrogens (tertiary/aromatic N) is 4. The molecule has 2 aromatic heterocycles. The molecule has 0 fully saturated rings. The summed E-state index contributed by atoms with van der Waals surface area (Å²) in [6.07, 6.45) is 2.96. The lowest BCUT2D eigenvalue weighted by molar-refractivity contribution is 0.0630. The van der Waals surface area contributed by atoms with E-state index in [-0.39, 0.29) is 0 Å². The monoisotopic (exact) mass is 236 g/mol. The molecule has 0 aliphatic carbocycles. The van der Waals surface area contributed by atoms with Crippen molar-refractivity contribution in [1.29, 1.82) is 0 Å². The highest BCUT2D eigenvalue weighted by Crippen LogP contribution is 2.30. The summed E-state index contributed by atoms with van der Waals surface area (Å²) in [6.45, 7) is 1.82. The highest BCUT2D eigenvalue weighted by molar-refractivity contribution is 5.25. The lowest BCUT2D eigenvalue weighted by Crippen LogP contribution is -2.30. The molecule has 0 spiro atoms.